The Morgan fingerprint density at radius 1 is 1.44 bits per heavy atom. The Morgan fingerprint density at radius 2 is 2.11 bits per heavy atom. The Balaban J connectivity index is 2.83. The number of carboxylic acid groups (broad SMARTS) is 1. The number of rotatable bonds is 5. The van der Waals surface area contributed by atoms with Gasteiger partial charge in [-0.05, 0) is 20.3 Å². The van der Waals surface area contributed by atoms with Gasteiger partial charge in [0, 0.05) is 6.20 Å². The number of aliphatic carboxylic acids is 1. The minimum atomic E-state index is -1.03. The number of nitrogens with zero attached hydrogens (tertiary/aromatic N) is 2. The minimum Gasteiger partial charge on any atom is -0.480 e. The Kier molecular flexibility index (Phi) is 4.76. The third-order valence-electron chi connectivity index (χ3n) is 2.53. The first-order valence-electron chi connectivity index (χ1n) is 5.79. The molecule has 1 rings (SSSR count). The van der Waals surface area contributed by atoms with Gasteiger partial charge in [0.15, 0.2) is 0 Å². The summed E-state index contributed by atoms with van der Waals surface area (Å²) < 4.78 is 0. The molecule has 1 heterocycles. The van der Waals surface area contributed by atoms with Crippen molar-refractivity contribution in [3.05, 3.63) is 23.3 Å². The molecule has 0 aliphatic carbocycles. The standard InChI is InChI=1S/C12H17N3O3/c1-4-5-10(12(17)18)15-11(16)9-6-13-8(3)14-7(9)2/h6,10H,4-5H2,1-3H3,(H,15,16)(H,17,18). The highest BCUT2D eigenvalue weighted by Gasteiger charge is 2.21. The first-order chi connectivity index (χ1) is 8.45. The number of carboxylic acids is 1. The topological polar surface area (TPSA) is 92.2 Å². The van der Waals surface area contributed by atoms with Crippen molar-refractivity contribution in [1.82, 2.24) is 15.3 Å². The van der Waals surface area contributed by atoms with E-state index in [-0.39, 0.29) is 0 Å². The summed E-state index contributed by atoms with van der Waals surface area (Å²) in [5, 5.41) is 11.4. The maximum Gasteiger partial charge on any atom is 0.326 e. The predicted octanol–water partition coefficient (Wildman–Crippen LogP) is 1.08. The second-order valence-electron chi connectivity index (χ2n) is 4.07. The van der Waals surface area contributed by atoms with Crippen molar-refractivity contribution in [3.63, 3.8) is 0 Å². The van der Waals surface area contributed by atoms with Crippen LogP contribution in [0.4, 0.5) is 0 Å². The lowest BCUT2D eigenvalue weighted by molar-refractivity contribution is -0.139. The Labute approximate surface area is 105 Å². The van der Waals surface area contributed by atoms with Crippen LogP contribution in [0.1, 0.15) is 41.6 Å². The van der Waals surface area contributed by atoms with Crippen molar-refractivity contribution < 1.29 is 14.7 Å². The molecule has 0 aliphatic rings. The van der Waals surface area contributed by atoms with Crippen molar-refractivity contribution in [2.24, 2.45) is 0 Å². The number of carbonyl (C=O) groups excluding carboxylic acids is 1. The van der Waals surface area contributed by atoms with E-state index in [2.05, 4.69) is 15.3 Å². The normalized spacial score (nSPS) is 11.9. The predicted molar refractivity (Wildman–Crippen MR) is 65.3 cm³/mol. The molecule has 0 saturated carbocycles. The van der Waals surface area contributed by atoms with Crippen LogP contribution >= 0.6 is 0 Å². The van der Waals surface area contributed by atoms with Gasteiger partial charge in [0.25, 0.3) is 5.91 Å². The molecule has 1 aromatic rings. The number of aryl methyl sites for hydroxylation is 2. The highest BCUT2D eigenvalue weighted by Crippen LogP contribution is 2.05. The summed E-state index contributed by atoms with van der Waals surface area (Å²) in [5.74, 6) is -0.906. The molecule has 6 heteroatoms. The van der Waals surface area contributed by atoms with Gasteiger partial charge in [0.1, 0.15) is 11.9 Å². The molecule has 0 aliphatic heterocycles. The quantitative estimate of drug-likeness (QED) is 0.816. The van der Waals surface area contributed by atoms with Crippen LogP contribution in [0.5, 0.6) is 0 Å². The third-order valence-corrected chi connectivity index (χ3v) is 2.53. The summed E-state index contributed by atoms with van der Waals surface area (Å²) in [6, 6.07) is -0.872. The lowest BCUT2D eigenvalue weighted by Gasteiger charge is -2.14. The van der Waals surface area contributed by atoms with Gasteiger partial charge in [0.2, 0.25) is 0 Å². The van der Waals surface area contributed by atoms with Crippen LogP contribution in [0.15, 0.2) is 6.20 Å². The zero-order valence-electron chi connectivity index (χ0n) is 10.7. The molecular weight excluding hydrogens is 234 g/mol. The molecule has 0 radical (unpaired) electrons. The Morgan fingerprint density at radius 3 is 2.61 bits per heavy atom. The van der Waals surface area contributed by atoms with Crippen LogP contribution in [0.25, 0.3) is 0 Å². The van der Waals surface area contributed by atoms with E-state index in [4.69, 9.17) is 5.11 Å². The zero-order valence-corrected chi connectivity index (χ0v) is 10.7. The van der Waals surface area contributed by atoms with Crippen molar-refractivity contribution in [3.8, 4) is 0 Å². The number of aromatic nitrogens is 2. The molecule has 0 aromatic carbocycles. The third kappa shape index (κ3) is 3.51. The number of carbonyl (C=O) groups is 2. The van der Waals surface area contributed by atoms with Crippen LogP contribution < -0.4 is 5.32 Å². The van der Waals surface area contributed by atoms with Crippen LogP contribution in [0.2, 0.25) is 0 Å². The van der Waals surface area contributed by atoms with E-state index >= 15 is 0 Å². The van der Waals surface area contributed by atoms with Gasteiger partial charge in [-0.2, -0.15) is 0 Å². The molecule has 0 fully saturated rings. The minimum absolute atomic E-state index is 0.308. The van der Waals surface area contributed by atoms with E-state index < -0.39 is 17.9 Å². The first-order valence-corrected chi connectivity index (χ1v) is 5.79. The zero-order chi connectivity index (χ0) is 13.7. The maximum absolute atomic E-state index is 11.9. The van der Waals surface area contributed by atoms with Crippen LogP contribution in [-0.4, -0.2) is 33.0 Å². The van der Waals surface area contributed by atoms with Crippen molar-refractivity contribution in [2.45, 2.75) is 39.7 Å². The Bertz CT molecular complexity index is 460. The average molecular weight is 251 g/mol. The van der Waals surface area contributed by atoms with Gasteiger partial charge in [-0.1, -0.05) is 13.3 Å². The molecule has 0 spiro atoms. The first kappa shape index (κ1) is 14.1. The van der Waals surface area contributed by atoms with Crippen LogP contribution in [-0.2, 0) is 4.79 Å². The summed E-state index contributed by atoms with van der Waals surface area (Å²) in [5.41, 5.74) is 0.851. The van der Waals surface area contributed by atoms with Gasteiger partial charge >= 0.3 is 5.97 Å². The van der Waals surface area contributed by atoms with E-state index in [0.29, 0.717) is 29.9 Å². The molecule has 98 valence electrons. The summed E-state index contributed by atoms with van der Waals surface area (Å²) in [6.07, 6.45) is 2.49. The Hall–Kier alpha value is -1.98. The molecule has 1 unspecified atom stereocenters. The highest BCUT2D eigenvalue weighted by atomic mass is 16.4. The fraction of sp³-hybridized carbons (Fsp3) is 0.500. The van der Waals surface area contributed by atoms with Gasteiger partial charge < -0.3 is 10.4 Å². The summed E-state index contributed by atoms with van der Waals surface area (Å²) in [4.78, 5) is 30.9. The molecule has 18 heavy (non-hydrogen) atoms. The smallest absolute Gasteiger partial charge is 0.326 e. The molecule has 2 N–H and O–H groups in total. The van der Waals surface area contributed by atoms with E-state index in [1.165, 1.54) is 6.20 Å². The number of amides is 1. The van der Waals surface area contributed by atoms with E-state index in [9.17, 15) is 9.59 Å². The molecule has 6 nitrogen and oxygen atoms in total. The highest BCUT2D eigenvalue weighted by molar-refractivity contribution is 5.97. The average Bonchev–Trinajstić information content (AvgIpc) is 2.27. The molecule has 1 aromatic heterocycles. The molecule has 1 amide bonds. The second-order valence-corrected chi connectivity index (χ2v) is 4.07. The van der Waals surface area contributed by atoms with Gasteiger partial charge in [-0.25, -0.2) is 14.8 Å². The summed E-state index contributed by atoms with van der Waals surface area (Å²) in [7, 11) is 0. The van der Waals surface area contributed by atoms with Crippen molar-refractivity contribution in [2.75, 3.05) is 0 Å². The number of hydrogen-bond donors (Lipinski definition) is 2. The summed E-state index contributed by atoms with van der Waals surface area (Å²) in [6.45, 7) is 5.29. The van der Waals surface area contributed by atoms with Crippen LogP contribution in [0.3, 0.4) is 0 Å². The fourth-order valence-electron chi connectivity index (χ4n) is 1.59. The SMILES string of the molecule is CCCC(NC(=O)c1cnc(C)nc1C)C(=O)O. The summed E-state index contributed by atoms with van der Waals surface area (Å²) >= 11 is 0. The van der Waals surface area contributed by atoms with E-state index in [1.54, 1.807) is 13.8 Å². The van der Waals surface area contributed by atoms with Gasteiger partial charge in [0.05, 0.1) is 11.3 Å². The van der Waals surface area contributed by atoms with Crippen LogP contribution in [0, 0.1) is 13.8 Å². The lowest BCUT2D eigenvalue weighted by atomic mass is 10.1. The lowest BCUT2D eigenvalue weighted by Crippen LogP contribution is -2.41. The maximum atomic E-state index is 11.9. The van der Waals surface area contributed by atoms with Crippen molar-refractivity contribution >= 4 is 11.9 Å². The molecule has 0 bridgehead atoms. The van der Waals surface area contributed by atoms with Gasteiger partial charge in [-0.15, -0.1) is 0 Å². The monoisotopic (exact) mass is 251 g/mol. The van der Waals surface area contributed by atoms with Gasteiger partial charge in [-0.3, -0.25) is 4.79 Å². The molecule has 0 saturated heterocycles. The second kappa shape index (κ2) is 6.09. The molecular formula is C12H17N3O3. The largest absolute Gasteiger partial charge is 0.480 e. The van der Waals surface area contributed by atoms with E-state index in [1.807, 2.05) is 6.92 Å². The molecule has 1 atom stereocenters. The number of hydrogen-bond acceptors (Lipinski definition) is 4. The van der Waals surface area contributed by atoms with Crippen molar-refractivity contribution in [1.29, 1.82) is 0 Å². The number of nitrogens with one attached hydrogen (secondary N) is 1. The fourth-order valence-corrected chi connectivity index (χ4v) is 1.59. The van der Waals surface area contributed by atoms with E-state index in [0.717, 1.165) is 0 Å².